The minimum absolute atomic E-state index is 0.632. The number of nitrogens with two attached hydrogens (primary N) is 1. The molecule has 3 rings (SSSR count). The second-order valence-corrected chi connectivity index (χ2v) is 5.55. The Balaban J connectivity index is 2.23. The number of aryl methyl sites for hydroxylation is 2. The lowest BCUT2D eigenvalue weighted by Gasteiger charge is -2.05. The van der Waals surface area contributed by atoms with Gasteiger partial charge in [0.2, 0.25) is 0 Å². The van der Waals surface area contributed by atoms with Crippen molar-refractivity contribution in [3.63, 3.8) is 0 Å². The second kappa shape index (κ2) is 5.26. The van der Waals surface area contributed by atoms with Crippen LogP contribution in [-0.2, 0) is 7.05 Å². The minimum Gasteiger partial charge on any atom is -0.383 e. The van der Waals surface area contributed by atoms with Crippen LogP contribution in [0, 0.1) is 6.92 Å². The molecule has 0 unspecified atom stereocenters. The maximum Gasteiger partial charge on any atom is 0.129 e. The highest BCUT2D eigenvalue weighted by Gasteiger charge is 2.17. The van der Waals surface area contributed by atoms with E-state index in [0.29, 0.717) is 10.8 Å². The Morgan fingerprint density at radius 1 is 1.05 bits per heavy atom. The summed E-state index contributed by atoms with van der Waals surface area (Å²) in [4.78, 5) is 0. The van der Waals surface area contributed by atoms with Gasteiger partial charge in [-0.3, -0.25) is 4.68 Å². The van der Waals surface area contributed by atoms with Gasteiger partial charge in [-0.05, 0) is 24.6 Å². The van der Waals surface area contributed by atoms with E-state index in [4.69, 9.17) is 17.3 Å². The zero-order valence-electron chi connectivity index (χ0n) is 12.0. The molecule has 0 fully saturated rings. The van der Waals surface area contributed by atoms with Crippen molar-refractivity contribution in [2.24, 2.45) is 7.05 Å². The van der Waals surface area contributed by atoms with E-state index in [-0.39, 0.29) is 0 Å². The number of anilines is 1. The summed E-state index contributed by atoms with van der Waals surface area (Å²) in [5, 5.41) is 5.25. The number of benzene rings is 2. The summed E-state index contributed by atoms with van der Waals surface area (Å²) in [6, 6.07) is 15.9. The van der Waals surface area contributed by atoms with Crippen molar-refractivity contribution in [3.8, 4) is 22.4 Å². The van der Waals surface area contributed by atoms with Crippen LogP contribution in [0.25, 0.3) is 22.4 Å². The molecule has 1 aromatic heterocycles. The lowest BCUT2D eigenvalue weighted by atomic mass is 10.0. The quantitative estimate of drug-likeness (QED) is 0.766. The Morgan fingerprint density at radius 3 is 2.43 bits per heavy atom. The summed E-state index contributed by atoms with van der Waals surface area (Å²) in [5.74, 6) is 0.632. The molecule has 0 aliphatic rings. The van der Waals surface area contributed by atoms with Gasteiger partial charge in [-0.15, -0.1) is 0 Å². The fraction of sp³-hybridized carbons (Fsp3) is 0.118. The zero-order chi connectivity index (χ0) is 15.0. The third-order valence-electron chi connectivity index (χ3n) is 3.53. The molecular formula is C17H16ClN3. The number of hydrogen-bond acceptors (Lipinski definition) is 2. The van der Waals surface area contributed by atoms with E-state index in [9.17, 15) is 0 Å². The first-order valence-electron chi connectivity index (χ1n) is 6.71. The van der Waals surface area contributed by atoms with Crippen LogP contribution < -0.4 is 5.73 Å². The van der Waals surface area contributed by atoms with Crippen LogP contribution in [0.15, 0.2) is 48.5 Å². The van der Waals surface area contributed by atoms with Crippen LogP contribution in [0.2, 0.25) is 5.02 Å². The third kappa shape index (κ3) is 2.52. The molecule has 0 radical (unpaired) electrons. The zero-order valence-corrected chi connectivity index (χ0v) is 12.7. The van der Waals surface area contributed by atoms with Gasteiger partial charge in [0, 0.05) is 17.6 Å². The Hall–Kier alpha value is -2.26. The number of halogens is 1. The topological polar surface area (TPSA) is 43.8 Å². The molecule has 0 atom stereocenters. The van der Waals surface area contributed by atoms with Gasteiger partial charge >= 0.3 is 0 Å². The van der Waals surface area contributed by atoms with Gasteiger partial charge in [0.15, 0.2) is 0 Å². The van der Waals surface area contributed by atoms with Crippen molar-refractivity contribution in [2.75, 3.05) is 5.73 Å². The van der Waals surface area contributed by atoms with E-state index in [1.807, 2.05) is 31.3 Å². The van der Waals surface area contributed by atoms with Crippen LogP contribution in [-0.4, -0.2) is 9.78 Å². The summed E-state index contributed by atoms with van der Waals surface area (Å²) in [7, 11) is 1.85. The lowest BCUT2D eigenvalue weighted by Crippen LogP contribution is -1.97. The fourth-order valence-electron chi connectivity index (χ4n) is 2.38. The molecule has 3 nitrogen and oxygen atoms in total. The maximum atomic E-state index is 6.21. The van der Waals surface area contributed by atoms with Crippen LogP contribution in [0.3, 0.4) is 0 Å². The van der Waals surface area contributed by atoms with Crippen LogP contribution in [0.5, 0.6) is 0 Å². The molecule has 0 aliphatic carbocycles. The maximum absolute atomic E-state index is 6.21. The van der Waals surface area contributed by atoms with E-state index in [1.165, 1.54) is 5.56 Å². The average molecular weight is 298 g/mol. The molecule has 0 saturated carbocycles. The number of nitrogens with zero attached hydrogens (tertiary/aromatic N) is 2. The van der Waals surface area contributed by atoms with Crippen molar-refractivity contribution < 1.29 is 0 Å². The van der Waals surface area contributed by atoms with E-state index >= 15 is 0 Å². The molecular weight excluding hydrogens is 282 g/mol. The van der Waals surface area contributed by atoms with Gasteiger partial charge < -0.3 is 5.73 Å². The van der Waals surface area contributed by atoms with Crippen molar-refractivity contribution in [3.05, 3.63) is 59.1 Å². The molecule has 0 bridgehead atoms. The molecule has 0 amide bonds. The van der Waals surface area contributed by atoms with Gasteiger partial charge in [-0.25, -0.2) is 0 Å². The van der Waals surface area contributed by atoms with Gasteiger partial charge in [0.1, 0.15) is 11.5 Å². The number of rotatable bonds is 2. The van der Waals surface area contributed by atoms with Crippen LogP contribution in [0.4, 0.5) is 5.82 Å². The van der Waals surface area contributed by atoms with E-state index in [0.717, 1.165) is 22.4 Å². The number of nitrogen functional groups attached to an aromatic ring is 1. The molecule has 2 N–H and O–H groups in total. The summed E-state index contributed by atoms with van der Waals surface area (Å²) in [6.07, 6.45) is 0. The minimum atomic E-state index is 0.632. The molecule has 21 heavy (non-hydrogen) atoms. The van der Waals surface area contributed by atoms with E-state index in [1.54, 1.807) is 4.68 Å². The standard InChI is InChI=1S/C17H16ClN3/c1-11-6-8-12(9-7-11)16-15(17(19)21(2)20-16)13-4-3-5-14(18)10-13/h3-10H,19H2,1-2H3. The largest absolute Gasteiger partial charge is 0.383 e. The smallest absolute Gasteiger partial charge is 0.129 e. The summed E-state index contributed by atoms with van der Waals surface area (Å²) >= 11 is 6.10. The predicted molar refractivity (Wildman–Crippen MR) is 88.2 cm³/mol. The number of hydrogen-bond donors (Lipinski definition) is 1. The first-order valence-corrected chi connectivity index (χ1v) is 7.09. The van der Waals surface area contributed by atoms with Gasteiger partial charge in [-0.2, -0.15) is 5.10 Å². The van der Waals surface area contributed by atoms with Crippen molar-refractivity contribution in [2.45, 2.75) is 6.92 Å². The molecule has 0 spiro atoms. The number of aromatic nitrogens is 2. The monoisotopic (exact) mass is 297 g/mol. The van der Waals surface area contributed by atoms with Crippen LogP contribution >= 0.6 is 11.6 Å². The Bertz CT molecular complexity index is 788. The van der Waals surface area contributed by atoms with E-state index in [2.05, 4.69) is 36.3 Å². The fourth-order valence-corrected chi connectivity index (χ4v) is 2.57. The highest BCUT2D eigenvalue weighted by Crippen LogP contribution is 2.36. The molecule has 0 saturated heterocycles. The molecule has 2 aromatic carbocycles. The second-order valence-electron chi connectivity index (χ2n) is 5.11. The summed E-state index contributed by atoms with van der Waals surface area (Å²) in [6.45, 7) is 2.06. The SMILES string of the molecule is Cc1ccc(-c2nn(C)c(N)c2-c2cccc(Cl)c2)cc1. The lowest BCUT2D eigenvalue weighted by molar-refractivity contribution is 0.782. The van der Waals surface area contributed by atoms with Crippen molar-refractivity contribution in [1.82, 2.24) is 9.78 Å². The third-order valence-corrected chi connectivity index (χ3v) is 3.76. The highest BCUT2D eigenvalue weighted by atomic mass is 35.5. The highest BCUT2D eigenvalue weighted by molar-refractivity contribution is 6.30. The molecule has 1 heterocycles. The molecule has 106 valence electrons. The molecule has 3 aromatic rings. The van der Waals surface area contributed by atoms with E-state index < -0.39 is 0 Å². The van der Waals surface area contributed by atoms with Crippen molar-refractivity contribution >= 4 is 17.4 Å². The Labute approximate surface area is 129 Å². The summed E-state index contributed by atoms with van der Waals surface area (Å²) < 4.78 is 1.70. The van der Waals surface area contributed by atoms with Crippen molar-refractivity contribution in [1.29, 1.82) is 0 Å². The predicted octanol–water partition coefficient (Wildman–Crippen LogP) is 4.30. The van der Waals surface area contributed by atoms with Gasteiger partial charge in [0.25, 0.3) is 0 Å². The first-order chi connectivity index (χ1) is 10.1. The first kappa shape index (κ1) is 13.7. The average Bonchev–Trinajstić information content (AvgIpc) is 2.76. The molecule has 4 heteroatoms. The Morgan fingerprint density at radius 2 is 1.76 bits per heavy atom. The summed E-state index contributed by atoms with van der Waals surface area (Å²) in [5.41, 5.74) is 11.2. The Kier molecular flexibility index (Phi) is 3.43. The van der Waals surface area contributed by atoms with Crippen LogP contribution in [0.1, 0.15) is 5.56 Å². The molecule has 0 aliphatic heterocycles. The van der Waals surface area contributed by atoms with Gasteiger partial charge in [0.05, 0.1) is 5.56 Å². The van der Waals surface area contributed by atoms with Gasteiger partial charge in [-0.1, -0.05) is 53.6 Å². The normalized spacial score (nSPS) is 10.8.